The number of amides is 1. The molecule has 1 unspecified atom stereocenters. The van der Waals surface area contributed by atoms with Crippen molar-refractivity contribution in [2.45, 2.75) is 32.4 Å². The molecule has 0 aliphatic carbocycles. The van der Waals surface area contributed by atoms with Crippen molar-refractivity contribution in [2.75, 3.05) is 7.11 Å². The molecule has 2 aromatic rings. The molecule has 0 spiro atoms. The highest BCUT2D eigenvalue weighted by Gasteiger charge is 2.27. The van der Waals surface area contributed by atoms with Crippen LogP contribution in [0.4, 0.5) is 0 Å². The van der Waals surface area contributed by atoms with Gasteiger partial charge in [-0.25, -0.2) is 4.79 Å². The van der Waals surface area contributed by atoms with Crippen molar-refractivity contribution in [3.05, 3.63) is 70.1 Å². The Bertz CT molecular complexity index is 841. The molecule has 2 atom stereocenters. The van der Waals surface area contributed by atoms with Crippen molar-refractivity contribution in [1.82, 2.24) is 5.32 Å². The molecule has 0 bridgehead atoms. The lowest BCUT2D eigenvalue weighted by molar-refractivity contribution is -0.143. The van der Waals surface area contributed by atoms with E-state index in [1.807, 2.05) is 24.3 Å². The lowest BCUT2D eigenvalue weighted by atomic mass is 10.0. The number of nitrogens with zero attached hydrogens (tertiary/aromatic N) is 3. The SMILES string of the molecule is CCc1ccc(-c2ccc(C(=O)NC(C(=O)OC)[C@@H](C)N=[N+]=[N-])cc2)cc1. The van der Waals surface area contributed by atoms with Gasteiger partial charge in [0.15, 0.2) is 0 Å². The Morgan fingerprint density at radius 1 is 1.11 bits per heavy atom. The summed E-state index contributed by atoms with van der Waals surface area (Å²) in [5.74, 6) is -1.12. The number of hydrogen-bond donors (Lipinski definition) is 1. The molecule has 0 aliphatic heterocycles. The van der Waals surface area contributed by atoms with Gasteiger partial charge in [-0.15, -0.1) is 0 Å². The van der Waals surface area contributed by atoms with Gasteiger partial charge in [-0.3, -0.25) is 4.79 Å². The lowest BCUT2D eigenvalue weighted by Gasteiger charge is -2.19. The van der Waals surface area contributed by atoms with E-state index in [2.05, 4.69) is 39.1 Å². The maximum atomic E-state index is 12.5. The fourth-order valence-electron chi connectivity index (χ4n) is 2.62. The van der Waals surface area contributed by atoms with Gasteiger partial charge in [0.25, 0.3) is 5.91 Å². The van der Waals surface area contributed by atoms with Gasteiger partial charge >= 0.3 is 5.97 Å². The Labute approximate surface area is 158 Å². The van der Waals surface area contributed by atoms with Crippen LogP contribution in [0.1, 0.15) is 29.8 Å². The topological polar surface area (TPSA) is 104 Å². The summed E-state index contributed by atoms with van der Waals surface area (Å²) in [7, 11) is 1.21. The second-order valence-electron chi connectivity index (χ2n) is 6.05. The predicted octanol–water partition coefficient (Wildman–Crippen LogP) is 3.89. The van der Waals surface area contributed by atoms with Crippen molar-refractivity contribution in [3.63, 3.8) is 0 Å². The Balaban J connectivity index is 2.15. The molecule has 1 N–H and O–H groups in total. The average molecular weight is 366 g/mol. The first-order chi connectivity index (χ1) is 13.0. The number of rotatable bonds is 7. The van der Waals surface area contributed by atoms with E-state index < -0.39 is 24.0 Å². The fraction of sp³-hybridized carbons (Fsp3) is 0.300. The summed E-state index contributed by atoms with van der Waals surface area (Å²) in [6.45, 7) is 3.64. The molecule has 27 heavy (non-hydrogen) atoms. The minimum atomic E-state index is -1.06. The van der Waals surface area contributed by atoms with Gasteiger partial charge in [-0.05, 0) is 40.8 Å². The molecule has 1 amide bonds. The number of carbonyl (C=O) groups excluding carboxylic acids is 2. The van der Waals surface area contributed by atoms with Gasteiger partial charge < -0.3 is 10.1 Å². The number of aryl methyl sites for hydroxylation is 1. The summed E-state index contributed by atoms with van der Waals surface area (Å²) in [4.78, 5) is 27.0. The molecule has 0 aliphatic rings. The number of nitrogens with one attached hydrogen (secondary N) is 1. The van der Waals surface area contributed by atoms with Crippen LogP contribution in [0, 0.1) is 0 Å². The highest BCUT2D eigenvalue weighted by molar-refractivity contribution is 5.97. The quantitative estimate of drug-likeness (QED) is 0.348. The molecular formula is C20H22N4O3. The Hall–Kier alpha value is -3.31. The van der Waals surface area contributed by atoms with Crippen LogP contribution < -0.4 is 5.32 Å². The van der Waals surface area contributed by atoms with Crippen LogP contribution in [0.3, 0.4) is 0 Å². The maximum absolute atomic E-state index is 12.5. The van der Waals surface area contributed by atoms with E-state index in [9.17, 15) is 9.59 Å². The van der Waals surface area contributed by atoms with Crippen molar-refractivity contribution in [2.24, 2.45) is 5.11 Å². The third-order valence-electron chi connectivity index (χ3n) is 4.30. The molecule has 2 rings (SSSR count). The fourth-order valence-corrected chi connectivity index (χ4v) is 2.62. The van der Waals surface area contributed by atoms with E-state index in [1.165, 1.54) is 19.6 Å². The first kappa shape index (κ1) is 20.0. The Kier molecular flexibility index (Phi) is 6.97. The van der Waals surface area contributed by atoms with Crippen LogP contribution in [-0.4, -0.2) is 31.1 Å². The van der Waals surface area contributed by atoms with Crippen LogP contribution in [-0.2, 0) is 16.0 Å². The molecule has 0 radical (unpaired) electrons. The smallest absolute Gasteiger partial charge is 0.328 e. The van der Waals surface area contributed by atoms with E-state index in [-0.39, 0.29) is 0 Å². The van der Waals surface area contributed by atoms with E-state index >= 15 is 0 Å². The van der Waals surface area contributed by atoms with Gasteiger partial charge in [0.2, 0.25) is 0 Å². The molecule has 140 valence electrons. The monoisotopic (exact) mass is 366 g/mol. The summed E-state index contributed by atoms with van der Waals surface area (Å²) in [6.07, 6.45) is 0.981. The minimum absolute atomic E-state index is 0.394. The molecular weight excluding hydrogens is 344 g/mol. The number of ether oxygens (including phenoxy) is 1. The summed E-state index contributed by atoms with van der Waals surface area (Å²) >= 11 is 0. The number of methoxy groups -OCH3 is 1. The summed E-state index contributed by atoms with van der Waals surface area (Å²) in [5, 5.41) is 6.04. The van der Waals surface area contributed by atoms with E-state index in [0.717, 1.165) is 17.5 Å². The molecule has 2 aromatic carbocycles. The van der Waals surface area contributed by atoms with Crippen LogP contribution in [0.2, 0.25) is 0 Å². The second-order valence-corrected chi connectivity index (χ2v) is 6.05. The van der Waals surface area contributed by atoms with E-state index in [1.54, 1.807) is 12.1 Å². The van der Waals surface area contributed by atoms with Crippen molar-refractivity contribution in [3.8, 4) is 11.1 Å². The first-order valence-corrected chi connectivity index (χ1v) is 8.62. The van der Waals surface area contributed by atoms with E-state index in [0.29, 0.717) is 5.56 Å². The van der Waals surface area contributed by atoms with E-state index in [4.69, 9.17) is 5.53 Å². The number of carbonyl (C=O) groups is 2. The summed E-state index contributed by atoms with van der Waals surface area (Å²) in [6, 6.07) is 13.5. The van der Waals surface area contributed by atoms with Gasteiger partial charge in [-0.2, -0.15) is 0 Å². The minimum Gasteiger partial charge on any atom is -0.467 e. The van der Waals surface area contributed by atoms with Gasteiger partial charge in [-0.1, -0.05) is 55.4 Å². The Morgan fingerprint density at radius 2 is 1.67 bits per heavy atom. The lowest BCUT2D eigenvalue weighted by Crippen LogP contribution is -2.47. The molecule has 0 aromatic heterocycles. The van der Waals surface area contributed by atoms with Crippen LogP contribution >= 0.6 is 0 Å². The average Bonchev–Trinajstić information content (AvgIpc) is 2.71. The largest absolute Gasteiger partial charge is 0.467 e. The first-order valence-electron chi connectivity index (χ1n) is 8.62. The van der Waals surface area contributed by atoms with Gasteiger partial charge in [0.1, 0.15) is 6.04 Å². The molecule has 7 nitrogen and oxygen atoms in total. The maximum Gasteiger partial charge on any atom is 0.328 e. The third-order valence-corrected chi connectivity index (χ3v) is 4.30. The Morgan fingerprint density at radius 3 is 2.15 bits per heavy atom. The van der Waals surface area contributed by atoms with Crippen molar-refractivity contribution in [1.29, 1.82) is 0 Å². The molecule has 7 heteroatoms. The zero-order chi connectivity index (χ0) is 19.8. The number of azide groups is 1. The highest BCUT2D eigenvalue weighted by atomic mass is 16.5. The van der Waals surface area contributed by atoms with Gasteiger partial charge in [0.05, 0.1) is 13.2 Å². The van der Waals surface area contributed by atoms with Crippen LogP contribution in [0.5, 0.6) is 0 Å². The normalized spacial score (nSPS) is 12.4. The molecule has 0 saturated heterocycles. The number of benzene rings is 2. The van der Waals surface area contributed by atoms with Gasteiger partial charge in [0, 0.05) is 10.5 Å². The molecule has 0 fully saturated rings. The molecule has 0 heterocycles. The zero-order valence-corrected chi connectivity index (χ0v) is 15.5. The standard InChI is InChI=1S/C20H22N4O3/c1-4-14-5-7-15(8-6-14)16-9-11-17(12-10-16)19(25)22-18(20(26)27-3)13(2)23-24-21/h5-13,18H,4H2,1-3H3,(H,22,25)/t13-,18?/m1/s1. The molecule has 0 saturated carbocycles. The number of esters is 1. The number of hydrogen-bond acceptors (Lipinski definition) is 4. The third kappa shape index (κ3) is 5.09. The zero-order valence-electron chi connectivity index (χ0n) is 15.5. The summed E-state index contributed by atoms with van der Waals surface area (Å²) in [5.41, 5.74) is 12.3. The summed E-state index contributed by atoms with van der Waals surface area (Å²) < 4.78 is 4.68. The van der Waals surface area contributed by atoms with Crippen molar-refractivity contribution >= 4 is 11.9 Å². The highest BCUT2D eigenvalue weighted by Crippen LogP contribution is 2.20. The van der Waals surface area contributed by atoms with Crippen LogP contribution in [0.25, 0.3) is 21.6 Å². The van der Waals surface area contributed by atoms with Crippen LogP contribution in [0.15, 0.2) is 53.6 Å². The second kappa shape index (κ2) is 9.40. The predicted molar refractivity (Wildman–Crippen MR) is 103 cm³/mol. The van der Waals surface area contributed by atoms with Crippen molar-refractivity contribution < 1.29 is 14.3 Å².